The molecule has 0 atom stereocenters. The summed E-state index contributed by atoms with van der Waals surface area (Å²) in [5, 5.41) is 6.94. The lowest BCUT2D eigenvalue weighted by atomic mass is 10.4. The van der Waals surface area contributed by atoms with Crippen LogP contribution in [0.3, 0.4) is 0 Å². The third-order valence-electron chi connectivity index (χ3n) is 1.96. The highest BCUT2D eigenvalue weighted by atomic mass is 32.2. The zero-order chi connectivity index (χ0) is 12.7. The molecule has 1 aromatic rings. The Kier molecular flexibility index (Phi) is 5.76. The van der Waals surface area contributed by atoms with Gasteiger partial charge in [0.1, 0.15) is 12.2 Å². The molecular formula is C9H15F3N4S. The van der Waals surface area contributed by atoms with Crippen molar-refractivity contribution in [2.24, 2.45) is 0 Å². The maximum absolute atomic E-state index is 11.8. The first-order chi connectivity index (χ1) is 8.03. The van der Waals surface area contributed by atoms with E-state index in [-0.39, 0.29) is 17.5 Å². The van der Waals surface area contributed by atoms with Gasteiger partial charge in [-0.1, -0.05) is 6.92 Å². The van der Waals surface area contributed by atoms with E-state index in [4.69, 9.17) is 0 Å². The molecule has 0 radical (unpaired) electrons. The van der Waals surface area contributed by atoms with E-state index in [2.05, 4.69) is 15.4 Å². The number of thioether (sulfide) groups is 1. The molecule has 0 aliphatic carbocycles. The van der Waals surface area contributed by atoms with Gasteiger partial charge in [0.05, 0.1) is 6.54 Å². The molecule has 1 heterocycles. The summed E-state index contributed by atoms with van der Waals surface area (Å²) in [7, 11) is 0. The molecule has 0 spiro atoms. The highest BCUT2D eigenvalue weighted by molar-refractivity contribution is 8.00. The molecule has 0 bridgehead atoms. The van der Waals surface area contributed by atoms with Crippen molar-refractivity contribution in [1.29, 1.82) is 0 Å². The number of nitrogens with zero attached hydrogens (tertiary/aromatic N) is 3. The van der Waals surface area contributed by atoms with Gasteiger partial charge in [-0.05, 0) is 18.2 Å². The third-order valence-corrected chi connectivity index (χ3v) is 2.69. The maximum atomic E-state index is 11.8. The molecule has 1 aromatic heterocycles. The molecular weight excluding hydrogens is 253 g/mol. The lowest BCUT2D eigenvalue weighted by molar-refractivity contribution is -0.0327. The minimum Gasteiger partial charge on any atom is -0.309 e. The van der Waals surface area contributed by atoms with Crippen LogP contribution in [0.4, 0.5) is 13.2 Å². The first kappa shape index (κ1) is 14.3. The first-order valence-corrected chi connectivity index (χ1v) is 6.29. The second-order valence-corrected chi connectivity index (χ2v) is 4.53. The Balaban J connectivity index is 2.20. The lowest BCUT2D eigenvalue weighted by Crippen LogP contribution is -2.21. The number of aromatic nitrogens is 3. The summed E-state index contributed by atoms with van der Waals surface area (Å²) >= 11 is -0.0201. The number of alkyl halides is 3. The monoisotopic (exact) mass is 268 g/mol. The summed E-state index contributed by atoms with van der Waals surface area (Å²) in [6.07, 6.45) is 2.40. The smallest absolute Gasteiger partial charge is 0.309 e. The van der Waals surface area contributed by atoms with Gasteiger partial charge < -0.3 is 5.32 Å². The van der Waals surface area contributed by atoms with E-state index in [9.17, 15) is 13.2 Å². The van der Waals surface area contributed by atoms with E-state index in [0.717, 1.165) is 18.8 Å². The van der Waals surface area contributed by atoms with Crippen molar-refractivity contribution in [1.82, 2.24) is 20.1 Å². The molecule has 1 rings (SSSR count). The Morgan fingerprint density at radius 1 is 1.47 bits per heavy atom. The van der Waals surface area contributed by atoms with E-state index in [1.54, 1.807) is 4.68 Å². The summed E-state index contributed by atoms with van der Waals surface area (Å²) in [5.41, 5.74) is -4.15. The molecule has 0 fully saturated rings. The van der Waals surface area contributed by atoms with Gasteiger partial charge in [0.25, 0.3) is 0 Å². The minimum atomic E-state index is -4.15. The Morgan fingerprint density at radius 3 is 2.88 bits per heavy atom. The summed E-state index contributed by atoms with van der Waals surface area (Å²) < 4.78 is 37.2. The van der Waals surface area contributed by atoms with E-state index in [1.807, 2.05) is 6.92 Å². The zero-order valence-corrected chi connectivity index (χ0v) is 10.3. The highest BCUT2D eigenvalue weighted by Crippen LogP contribution is 2.29. The van der Waals surface area contributed by atoms with Crippen LogP contribution in [0.15, 0.2) is 6.33 Å². The standard InChI is InChI=1S/C9H15F3N4S/c1-2-4-16-8(14-7-15-16)6-13-3-5-17-9(10,11)12/h7,13H,2-6H2,1H3. The second kappa shape index (κ2) is 6.85. The Bertz CT molecular complexity index is 326. The average Bonchev–Trinajstić information content (AvgIpc) is 2.64. The number of nitrogens with one attached hydrogen (secondary N) is 1. The van der Waals surface area contributed by atoms with Crippen molar-refractivity contribution < 1.29 is 13.2 Å². The number of aryl methyl sites for hydroxylation is 1. The van der Waals surface area contributed by atoms with E-state index >= 15 is 0 Å². The molecule has 1 N–H and O–H groups in total. The van der Waals surface area contributed by atoms with Gasteiger partial charge in [-0.2, -0.15) is 18.3 Å². The van der Waals surface area contributed by atoms with Crippen LogP contribution in [0.1, 0.15) is 19.2 Å². The number of rotatable bonds is 7. The minimum absolute atomic E-state index is 0.00537. The Morgan fingerprint density at radius 2 is 2.24 bits per heavy atom. The highest BCUT2D eigenvalue weighted by Gasteiger charge is 2.27. The van der Waals surface area contributed by atoms with Crippen molar-refractivity contribution in [3.05, 3.63) is 12.2 Å². The van der Waals surface area contributed by atoms with Gasteiger partial charge in [0.2, 0.25) is 0 Å². The van der Waals surface area contributed by atoms with Crippen molar-refractivity contribution in [2.75, 3.05) is 12.3 Å². The SMILES string of the molecule is CCCn1ncnc1CNCCSC(F)(F)F. The van der Waals surface area contributed by atoms with Crippen LogP contribution in [0, 0.1) is 0 Å². The van der Waals surface area contributed by atoms with Crippen LogP contribution < -0.4 is 5.32 Å². The summed E-state index contributed by atoms with van der Waals surface area (Å²) in [6.45, 7) is 3.54. The Hall–Kier alpha value is -0.760. The third kappa shape index (κ3) is 5.92. The molecule has 17 heavy (non-hydrogen) atoms. The number of halogens is 3. The summed E-state index contributed by atoms with van der Waals surface area (Å²) in [4.78, 5) is 4.04. The van der Waals surface area contributed by atoms with Crippen LogP contribution in [0.25, 0.3) is 0 Å². The molecule has 98 valence electrons. The van der Waals surface area contributed by atoms with Crippen LogP contribution >= 0.6 is 11.8 Å². The van der Waals surface area contributed by atoms with Crippen molar-refractivity contribution >= 4 is 11.8 Å². The molecule has 0 unspecified atom stereocenters. The van der Waals surface area contributed by atoms with Crippen molar-refractivity contribution in [3.8, 4) is 0 Å². The van der Waals surface area contributed by atoms with E-state index in [0.29, 0.717) is 13.1 Å². The topological polar surface area (TPSA) is 42.7 Å². The second-order valence-electron chi connectivity index (χ2n) is 3.37. The van der Waals surface area contributed by atoms with Crippen LogP contribution in [0.5, 0.6) is 0 Å². The zero-order valence-electron chi connectivity index (χ0n) is 9.50. The van der Waals surface area contributed by atoms with Gasteiger partial charge >= 0.3 is 5.51 Å². The van der Waals surface area contributed by atoms with Gasteiger partial charge in [-0.15, -0.1) is 0 Å². The van der Waals surface area contributed by atoms with Crippen LogP contribution in [-0.2, 0) is 13.1 Å². The van der Waals surface area contributed by atoms with Gasteiger partial charge in [-0.25, -0.2) is 9.67 Å². The molecule has 8 heteroatoms. The maximum Gasteiger partial charge on any atom is 0.441 e. The van der Waals surface area contributed by atoms with E-state index < -0.39 is 5.51 Å². The van der Waals surface area contributed by atoms with Gasteiger partial charge in [0, 0.05) is 18.8 Å². The largest absolute Gasteiger partial charge is 0.441 e. The Labute approximate surface area is 102 Å². The fourth-order valence-electron chi connectivity index (χ4n) is 1.26. The lowest BCUT2D eigenvalue weighted by Gasteiger charge is -2.07. The molecule has 0 aliphatic heterocycles. The fourth-order valence-corrected chi connectivity index (χ4v) is 1.74. The van der Waals surface area contributed by atoms with Crippen LogP contribution in [-0.4, -0.2) is 32.6 Å². The molecule has 0 amide bonds. The number of hydrogen-bond acceptors (Lipinski definition) is 4. The molecule has 0 aliphatic rings. The fraction of sp³-hybridized carbons (Fsp3) is 0.778. The van der Waals surface area contributed by atoms with Gasteiger partial charge in [0.15, 0.2) is 0 Å². The average molecular weight is 268 g/mol. The predicted molar refractivity (Wildman–Crippen MR) is 60.5 cm³/mol. The van der Waals surface area contributed by atoms with E-state index in [1.165, 1.54) is 6.33 Å². The normalized spacial score (nSPS) is 12.0. The first-order valence-electron chi connectivity index (χ1n) is 5.31. The van der Waals surface area contributed by atoms with Gasteiger partial charge in [-0.3, -0.25) is 0 Å². The van der Waals surface area contributed by atoms with Crippen molar-refractivity contribution in [3.63, 3.8) is 0 Å². The summed E-state index contributed by atoms with van der Waals surface area (Å²) in [6, 6.07) is 0. The molecule has 4 nitrogen and oxygen atoms in total. The van der Waals surface area contributed by atoms with Crippen LogP contribution in [0.2, 0.25) is 0 Å². The summed E-state index contributed by atoms with van der Waals surface area (Å²) in [5.74, 6) is 0.759. The quantitative estimate of drug-likeness (QED) is 0.768. The molecule has 0 saturated heterocycles. The molecule has 0 saturated carbocycles. The van der Waals surface area contributed by atoms with Crippen molar-refractivity contribution in [2.45, 2.75) is 31.9 Å². The molecule has 0 aromatic carbocycles. The predicted octanol–water partition coefficient (Wildman–Crippen LogP) is 2.03. The number of hydrogen-bond donors (Lipinski definition) is 1.